The van der Waals surface area contributed by atoms with Crippen molar-refractivity contribution >= 4 is 17.2 Å². The van der Waals surface area contributed by atoms with Gasteiger partial charge < -0.3 is 10.4 Å². The van der Waals surface area contributed by atoms with Crippen LogP contribution in [-0.2, 0) is 11.3 Å². The van der Waals surface area contributed by atoms with E-state index in [1.807, 2.05) is 11.4 Å². The Morgan fingerprint density at radius 1 is 1.43 bits per heavy atom. The summed E-state index contributed by atoms with van der Waals surface area (Å²) in [5.41, 5.74) is 0.974. The zero-order valence-electron chi connectivity index (χ0n) is 12.1. The first kappa shape index (κ1) is 14.6. The summed E-state index contributed by atoms with van der Waals surface area (Å²) in [5, 5.41) is 13.9. The molecular formula is C17H21NO2S. The topological polar surface area (TPSA) is 49.3 Å². The van der Waals surface area contributed by atoms with Crippen molar-refractivity contribution in [2.45, 2.75) is 38.6 Å². The van der Waals surface area contributed by atoms with Crippen LogP contribution in [0, 0.1) is 29.6 Å². The normalized spacial score (nSPS) is 26.4. The third-order valence-corrected chi connectivity index (χ3v) is 5.62. The molecule has 1 heterocycles. The largest absolute Gasteiger partial charge is 0.395 e. The minimum Gasteiger partial charge on any atom is -0.395 e. The third-order valence-electron chi connectivity index (χ3n) is 4.70. The molecule has 4 heteroatoms. The highest BCUT2D eigenvalue weighted by Crippen LogP contribution is 2.48. The Labute approximate surface area is 129 Å². The average molecular weight is 303 g/mol. The van der Waals surface area contributed by atoms with Gasteiger partial charge in [0.05, 0.1) is 13.2 Å². The number of aliphatic hydroxyl groups excluding tert-OH is 1. The molecule has 112 valence electrons. The molecule has 0 aromatic carbocycles. The number of nitrogens with one attached hydrogen (secondary N) is 1. The first-order chi connectivity index (χ1) is 10.3. The van der Waals surface area contributed by atoms with Crippen molar-refractivity contribution in [3.63, 3.8) is 0 Å². The molecule has 3 nitrogen and oxygen atoms in total. The van der Waals surface area contributed by atoms with E-state index in [4.69, 9.17) is 5.11 Å². The number of hydrogen-bond donors (Lipinski definition) is 2. The number of rotatable bonds is 4. The number of fused-ring (bicyclic) bond motifs is 2. The summed E-state index contributed by atoms with van der Waals surface area (Å²) in [4.78, 5) is 13.4. The number of carbonyl (C=O) groups is 1. The summed E-state index contributed by atoms with van der Waals surface area (Å²) >= 11 is 1.63. The Hall–Kier alpha value is -1.31. The van der Waals surface area contributed by atoms with E-state index in [1.54, 1.807) is 11.3 Å². The Morgan fingerprint density at radius 3 is 3.05 bits per heavy atom. The van der Waals surface area contributed by atoms with Crippen LogP contribution in [0.25, 0.3) is 0 Å². The van der Waals surface area contributed by atoms with Crippen LogP contribution in [0.2, 0.25) is 0 Å². The number of carbonyl (C=O) groups excluding carboxylic acids is 1. The van der Waals surface area contributed by atoms with Gasteiger partial charge >= 0.3 is 0 Å². The van der Waals surface area contributed by atoms with Gasteiger partial charge in [-0.05, 0) is 42.5 Å². The number of thiophene rings is 1. The predicted molar refractivity (Wildman–Crippen MR) is 83.7 cm³/mol. The number of hydrogen-bond acceptors (Lipinski definition) is 3. The van der Waals surface area contributed by atoms with Gasteiger partial charge in [-0.3, -0.25) is 4.79 Å². The molecule has 0 spiro atoms. The molecular weight excluding hydrogens is 282 g/mol. The molecule has 2 fully saturated rings. The predicted octanol–water partition coefficient (Wildman–Crippen LogP) is 2.53. The lowest BCUT2D eigenvalue weighted by molar-refractivity contribution is -0.126. The molecule has 0 saturated heterocycles. The highest BCUT2D eigenvalue weighted by molar-refractivity contribution is 7.10. The fourth-order valence-electron chi connectivity index (χ4n) is 3.67. The lowest BCUT2D eigenvalue weighted by atomic mass is 9.88. The zero-order chi connectivity index (χ0) is 14.7. The van der Waals surface area contributed by atoms with Crippen LogP contribution in [0.5, 0.6) is 0 Å². The van der Waals surface area contributed by atoms with Crippen LogP contribution in [-0.4, -0.2) is 17.6 Å². The molecule has 2 aliphatic rings. The van der Waals surface area contributed by atoms with Crippen LogP contribution in [0.1, 0.15) is 42.5 Å². The molecule has 3 atom stereocenters. The second-order valence-corrected chi connectivity index (χ2v) is 7.03. The van der Waals surface area contributed by atoms with Crippen molar-refractivity contribution < 1.29 is 9.90 Å². The van der Waals surface area contributed by atoms with Crippen LogP contribution in [0.3, 0.4) is 0 Å². The molecule has 21 heavy (non-hydrogen) atoms. The number of amides is 1. The standard InChI is InChI=1S/C17H21NO2S/c19-7-2-1-3-13-6-8-21-16(13)11-18-17(20)15-10-12-4-5-14(15)9-12/h6,8,12,14-15,19H,2,4-5,7,9-11H2,(H,18,20). The van der Waals surface area contributed by atoms with Crippen molar-refractivity contribution in [1.82, 2.24) is 5.32 Å². The van der Waals surface area contributed by atoms with E-state index in [1.165, 1.54) is 19.3 Å². The molecule has 2 bridgehead atoms. The van der Waals surface area contributed by atoms with Gasteiger partial charge in [-0.15, -0.1) is 11.3 Å². The minimum atomic E-state index is 0.0907. The van der Waals surface area contributed by atoms with Gasteiger partial charge in [0.2, 0.25) is 5.91 Å². The SMILES string of the molecule is O=C(NCc1sccc1C#CCCO)C1CC2CCC1C2. The summed E-state index contributed by atoms with van der Waals surface area (Å²) in [6.07, 6.45) is 5.40. The van der Waals surface area contributed by atoms with Gasteiger partial charge in [-0.25, -0.2) is 0 Å². The highest BCUT2D eigenvalue weighted by atomic mass is 32.1. The van der Waals surface area contributed by atoms with E-state index in [9.17, 15) is 4.79 Å². The molecule has 3 rings (SSSR count). The minimum absolute atomic E-state index is 0.0907. The quantitative estimate of drug-likeness (QED) is 0.840. The van der Waals surface area contributed by atoms with Crippen LogP contribution >= 0.6 is 11.3 Å². The molecule has 3 unspecified atom stereocenters. The van der Waals surface area contributed by atoms with Gasteiger partial charge in [0.15, 0.2) is 0 Å². The van der Waals surface area contributed by atoms with Gasteiger partial charge in [0.25, 0.3) is 0 Å². The fourth-order valence-corrected chi connectivity index (χ4v) is 4.44. The summed E-state index contributed by atoms with van der Waals surface area (Å²) < 4.78 is 0. The lowest BCUT2D eigenvalue weighted by Gasteiger charge is -2.20. The van der Waals surface area contributed by atoms with Crippen molar-refractivity contribution in [3.8, 4) is 11.8 Å². The van der Waals surface area contributed by atoms with Crippen LogP contribution < -0.4 is 5.32 Å². The molecule has 2 saturated carbocycles. The zero-order valence-corrected chi connectivity index (χ0v) is 12.9. The second-order valence-electron chi connectivity index (χ2n) is 6.03. The Bertz CT molecular complexity index is 569. The highest BCUT2D eigenvalue weighted by Gasteiger charge is 2.42. The van der Waals surface area contributed by atoms with E-state index < -0.39 is 0 Å². The molecule has 2 N–H and O–H groups in total. The van der Waals surface area contributed by atoms with Crippen molar-refractivity contribution in [2.75, 3.05) is 6.61 Å². The van der Waals surface area contributed by atoms with Crippen molar-refractivity contribution in [3.05, 3.63) is 21.9 Å². The molecule has 1 aromatic rings. The maximum atomic E-state index is 12.3. The van der Waals surface area contributed by atoms with E-state index in [-0.39, 0.29) is 18.4 Å². The van der Waals surface area contributed by atoms with Gasteiger partial charge in [-0.2, -0.15) is 0 Å². The first-order valence-electron chi connectivity index (χ1n) is 7.71. The van der Waals surface area contributed by atoms with Crippen molar-refractivity contribution in [1.29, 1.82) is 0 Å². The van der Waals surface area contributed by atoms with E-state index >= 15 is 0 Å². The summed E-state index contributed by atoms with van der Waals surface area (Å²) in [6.45, 7) is 0.668. The Balaban J connectivity index is 1.55. The van der Waals surface area contributed by atoms with E-state index in [0.29, 0.717) is 18.9 Å². The summed E-state index contributed by atoms with van der Waals surface area (Å²) in [5.74, 6) is 7.90. The van der Waals surface area contributed by atoms with E-state index in [2.05, 4.69) is 17.2 Å². The van der Waals surface area contributed by atoms with Gasteiger partial charge in [-0.1, -0.05) is 18.3 Å². The molecule has 0 radical (unpaired) electrons. The molecule has 0 aliphatic heterocycles. The monoisotopic (exact) mass is 303 g/mol. The van der Waals surface area contributed by atoms with Gasteiger partial charge in [0.1, 0.15) is 0 Å². The first-order valence-corrected chi connectivity index (χ1v) is 8.59. The fraction of sp³-hybridized carbons (Fsp3) is 0.588. The summed E-state index contributed by atoms with van der Waals surface area (Å²) in [7, 11) is 0. The maximum Gasteiger partial charge on any atom is 0.223 e. The Kier molecular flexibility index (Phi) is 4.62. The molecule has 1 amide bonds. The van der Waals surface area contributed by atoms with Crippen LogP contribution in [0.4, 0.5) is 0 Å². The lowest BCUT2D eigenvalue weighted by Crippen LogP contribution is -2.33. The summed E-state index contributed by atoms with van der Waals surface area (Å²) in [6, 6.07) is 1.98. The Morgan fingerprint density at radius 2 is 2.33 bits per heavy atom. The average Bonchev–Trinajstić information content (AvgIpc) is 3.21. The maximum absolute atomic E-state index is 12.3. The van der Waals surface area contributed by atoms with E-state index in [0.717, 1.165) is 22.8 Å². The van der Waals surface area contributed by atoms with Crippen LogP contribution in [0.15, 0.2) is 11.4 Å². The van der Waals surface area contributed by atoms with Crippen molar-refractivity contribution in [2.24, 2.45) is 17.8 Å². The smallest absolute Gasteiger partial charge is 0.223 e. The second kappa shape index (κ2) is 6.64. The molecule has 1 aromatic heterocycles. The number of aliphatic hydroxyl groups is 1. The molecule has 2 aliphatic carbocycles. The third kappa shape index (κ3) is 3.30. The van der Waals surface area contributed by atoms with Gasteiger partial charge in [0, 0.05) is 22.8 Å².